The number of aromatic carboxylic acids is 1. The topological polar surface area (TPSA) is 85.1 Å². The van der Waals surface area contributed by atoms with Gasteiger partial charge in [-0.05, 0) is 25.1 Å². The van der Waals surface area contributed by atoms with Crippen LogP contribution >= 0.6 is 0 Å². The van der Waals surface area contributed by atoms with Gasteiger partial charge in [0.15, 0.2) is 0 Å². The van der Waals surface area contributed by atoms with Crippen molar-refractivity contribution in [3.05, 3.63) is 34.1 Å². The van der Waals surface area contributed by atoms with E-state index in [2.05, 4.69) is 10.3 Å². The molecule has 0 aliphatic heterocycles. The number of aryl methyl sites for hydroxylation is 1. The van der Waals surface area contributed by atoms with Crippen molar-refractivity contribution in [1.82, 2.24) is 15.0 Å². The van der Waals surface area contributed by atoms with Crippen LogP contribution in [0.4, 0.5) is 0 Å². The van der Waals surface area contributed by atoms with E-state index >= 15 is 0 Å². The van der Waals surface area contributed by atoms with Gasteiger partial charge < -0.3 is 5.11 Å². The molecule has 1 N–H and O–H groups in total. The summed E-state index contributed by atoms with van der Waals surface area (Å²) in [5.41, 5.74) is 0.134. The summed E-state index contributed by atoms with van der Waals surface area (Å²) >= 11 is 0. The molecular weight excluding hydrogens is 210 g/mol. The molecule has 0 radical (unpaired) electrons. The van der Waals surface area contributed by atoms with Crippen molar-refractivity contribution in [2.45, 2.75) is 13.5 Å². The maximum Gasteiger partial charge on any atom is 0.335 e. The lowest BCUT2D eigenvalue weighted by Gasteiger charge is -2.01. The molecule has 0 bridgehead atoms. The van der Waals surface area contributed by atoms with Crippen LogP contribution in [0.2, 0.25) is 0 Å². The smallest absolute Gasteiger partial charge is 0.335 e. The molecule has 1 aromatic heterocycles. The summed E-state index contributed by atoms with van der Waals surface area (Å²) in [6.07, 6.45) is 0. The molecule has 6 heteroatoms. The number of carboxylic acids is 1. The summed E-state index contributed by atoms with van der Waals surface area (Å²) in [6, 6.07) is 4.18. The lowest BCUT2D eigenvalue weighted by molar-refractivity contribution is 0.0697. The minimum Gasteiger partial charge on any atom is -0.478 e. The number of carbonyl (C=O) groups is 1. The molecule has 0 aliphatic rings. The van der Waals surface area contributed by atoms with Gasteiger partial charge in [-0.25, -0.2) is 9.48 Å². The third-order valence-electron chi connectivity index (χ3n) is 2.27. The Morgan fingerprint density at radius 3 is 2.88 bits per heavy atom. The highest BCUT2D eigenvalue weighted by Crippen LogP contribution is 2.09. The minimum absolute atomic E-state index is 0.0930. The predicted octanol–water partition coefficient (Wildman–Crippen LogP) is 0.510. The molecule has 1 aromatic carbocycles. The molecule has 1 heterocycles. The molecule has 0 spiro atoms. The molecule has 0 saturated heterocycles. The molecule has 0 atom stereocenters. The summed E-state index contributed by atoms with van der Waals surface area (Å²) in [6.45, 7) is 2.22. The molecule has 0 saturated carbocycles. The highest BCUT2D eigenvalue weighted by molar-refractivity contribution is 5.92. The third kappa shape index (κ3) is 1.54. The fraction of sp³-hybridized carbons (Fsp3) is 0.200. The van der Waals surface area contributed by atoms with Crippen molar-refractivity contribution in [1.29, 1.82) is 0 Å². The van der Waals surface area contributed by atoms with E-state index in [1.165, 1.54) is 22.9 Å². The van der Waals surface area contributed by atoms with Crippen LogP contribution in [0.3, 0.4) is 0 Å². The Morgan fingerprint density at radius 2 is 2.25 bits per heavy atom. The first-order valence-electron chi connectivity index (χ1n) is 4.74. The van der Waals surface area contributed by atoms with Gasteiger partial charge >= 0.3 is 5.97 Å². The van der Waals surface area contributed by atoms with Gasteiger partial charge in [0.2, 0.25) is 0 Å². The Morgan fingerprint density at radius 1 is 1.50 bits per heavy atom. The molecule has 0 aliphatic carbocycles. The van der Waals surface area contributed by atoms with Crippen molar-refractivity contribution < 1.29 is 9.90 Å². The number of nitrogens with zero attached hydrogens (tertiary/aromatic N) is 3. The van der Waals surface area contributed by atoms with Crippen molar-refractivity contribution in [3.8, 4) is 0 Å². The van der Waals surface area contributed by atoms with Crippen LogP contribution in [0.15, 0.2) is 23.0 Å². The van der Waals surface area contributed by atoms with E-state index in [0.717, 1.165) is 0 Å². The van der Waals surface area contributed by atoms with Crippen LogP contribution in [-0.4, -0.2) is 26.1 Å². The lowest BCUT2D eigenvalue weighted by atomic mass is 10.1. The van der Waals surface area contributed by atoms with Crippen molar-refractivity contribution in [3.63, 3.8) is 0 Å². The highest BCUT2D eigenvalue weighted by atomic mass is 16.4. The van der Waals surface area contributed by atoms with E-state index in [-0.39, 0.29) is 11.1 Å². The van der Waals surface area contributed by atoms with Gasteiger partial charge in [-0.15, -0.1) is 5.10 Å². The van der Waals surface area contributed by atoms with Gasteiger partial charge in [-0.2, -0.15) is 0 Å². The standard InChI is InChI=1S/C10H9N3O3/c1-2-13-9(14)7-4-3-6(10(15)16)5-8(7)11-12-13/h3-5H,2H2,1H3,(H,15,16). The number of benzene rings is 1. The Kier molecular flexibility index (Phi) is 2.40. The molecule has 2 rings (SSSR count). The summed E-state index contributed by atoms with van der Waals surface area (Å²) in [4.78, 5) is 22.5. The predicted molar refractivity (Wildman–Crippen MR) is 56.4 cm³/mol. The van der Waals surface area contributed by atoms with Crippen LogP contribution in [-0.2, 0) is 6.54 Å². The zero-order valence-corrected chi connectivity index (χ0v) is 8.54. The van der Waals surface area contributed by atoms with E-state index in [1.54, 1.807) is 6.92 Å². The van der Waals surface area contributed by atoms with Crippen LogP contribution in [0.5, 0.6) is 0 Å². The molecule has 2 aromatic rings. The van der Waals surface area contributed by atoms with Crippen LogP contribution in [0.25, 0.3) is 10.9 Å². The average Bonchev–Trinajstić information content (AvgIpc) is 2.29. The van der Waals surface area contributed by atoms with E-state index < -0.39 is 5.97 Å². The van der Waals surface area contributed by atoms with Gasteiger partial charge in [-0.3, -0.25) is 4.79 Å². The van der Waals surface area contributed by atoms with Gasteiger partial charge in [0.25, 0.3) is 5.56 Å². The van der Waals surface area contributed by atoms with Crippen molar-refractivity contribution >= 4 is 16.9 Å². The number of hydrogen-bond donors (Lipinski definition) is 1. The minimum atomic E-state index is -1.05. The first-order valence-corrected chi connectivity index (χ1v) is 4.74. The quantitative estimate of drug-likeness (QED) is 0.795. The van der Waals surface area contributed by atoms with Crippen molar-refractivity contribution in [2.24, 2.45) is 0 Å². The van der Waals surface area contributed by atoms with E-state index in [0.29, 0.717) is 17.4 Å². The van der Waals surface area contributed by atoms with E-state index in [1.807, 2.05) is 0 Å². The van der Waals surface area contributed by atoms with Gasteiger partial charge in [-0.1, -0.05) is 5.21 Å². The van der Waals surface area contributed by atoms with Crippen LogP contribution in [0.1, 0.15) is 17.3 Å². The summed E-state index contributed by atoms with van der Waals surface area (Å²) in [5, 5.41) is 16.7. The fourth-order valence-corrected chi connectivity index (χ4v) is 1.42. The lowest BCUT2D eigenvalue weighted by Crippen LogP contribution is -2.23. The van der Waals surface area contributed by atoms with Crippen LogP contribution in [0, 0.1) is 0 Å². The van der Waals surface area contributed by atoms with E-state index in [9.17, 15) is 9.59 Å². The average molecular weight is 219 g/mol. The van der Waals surface area contributed by atoms with Gasteiger partial charge in [0.05, 0.1) is 10.9 Å². The zero-order valence-electron chi connectivity index (χ0n) is 8.54. The number of carboxylic acid groups (broad SMARTS) is 1. The first kappa shape index (κ1) is 10.3. The molecule has 6 nitrogen and oxygen atoms in total. The second-order valence-electron chi connectivity index (χ2n) is 3.25. The number of hydrogen-bond acceptors (Lipinski definition) is 4. The van der Waals surface area contributed by atoms with Gasteiger partial charge in [0.1, 0.15) is 5.52 Å². The fourth-order valence-electron chi connectivity index (χ4n) is 1.42. The Balaban J connectivity index is 2.75. The van der Waals surface area contributed by atoms with E-state index in [4.69, 9.17) is 5.11 Å². The molecule has 82 valence electrons. The number of rotatable bonds is 2. The molecular formula is C10H9N3O3. The van der Waals surface area contributed by atoms with Gasteiger partial charge in [0, 0.05) is 6.54 Å². The second kappa shape index (κ2) is 3.73. The molecule has 0 fully saturated rings. The summed E-state index contributed by atoms with van der Waals surface area (Å²) in [5.74, 6) is -1.05. The molecule has 0 amide bonds. The Labute approximate surface area is 90.1 Å². The maximum absolute atomic E-state index is 11.8. The third-order valence-corrected chi connectivity index (χ3v) is 2.27. The highest BCUT2D eigenvalue weighted by Gasteiger charge is 2.08. The normalized spacial score (nSPS) is 10.6. The summed E-state index contributed by atoms with van der Waals surface area (Å²) in [7, 11) is 0. The monoisotopic (exact) mass is 219 g/mol. The zero-order chi connectivity index (χ0) is 11.7. The maximum atomic E-state index is 11.8. The first-order chi connectivity index (χ1) is 7.63. The largest absolute Gasteiger partial charge is 0.478 e. The van der Waals surface area contributed by atoms with Crippen molar-refractivity contribution in [2.75, 3.05) is 0 Å². The Hall–Kier alpha value is -2.24. The summed E-state index contributed by atoms with van der Waals surface area (Å²) < 4.78 is 1.22. The van der Waals surface area contributed by atoms with Crippen LogP contribution < -0.4 is 5.56 Å². The molecule has 0 unspecified atom stereocenters. The molecule has 16 heavy (non-hydrogen) atoms. The number of fused-ring (bicyclic) bond motifs is 1. The number of aromatic nitrogens is 3. The Bertz CT molecular complexity index is 618. The SMILES string of the molecule is CCn1nnc2cc(C(=O)O)ccc2c1=O. The second-order valence-corrected chi connectivity index (χ2v) is 3.25.